The fraction of sp³-hybridized carbons (Fsp3) is 0.435. The molecule has 1 saturated carbocycles. The van der Waals surface area contributed by atoms with Gasteiger partial charge in [0, 0.05) is 30.3 Å². The maximum atomic E-state index is 12.1. The minimum atomic E-state index is 0.303. The zero-order chi connectivity index (χ0) is 21.2. The highest BCUT2D eigenvalue weighted by Gasteiger charge is 2.29. The van der Waals surface area contributed by atoms with Crippen LogP contribution in [-0.2, 0) is 11.2 Å². The highest BCUT2D eigenvalue weighted by molar-refractivity contribution is 7.99. The van der Waals surface area contributed by atoms with Crippen molar-refractivity contribution in [2.75, 3.05) is 29.9 Å². The van der Waals surface area contributed by atoms with Gasteiger partial charge in [0.2, 0.25) is 11.9 Å². The summed E-state index contributed by atoms with van der Waals surface area (Å²) in [6.07, 6.45) is 6.99. The summed E-state index contributed by atoms with van der Waals surface area (Å²) in [6.45, 7) is 4.71. The summed E-state index contributed by atoms with van der Waals surface area (Å²) < 4.78 is 0. The quantitative estimate of drug-likeness (QED) is 0.707. The van der Waals surface area contributed by atoms with Crippen LogP contribution in [-0.4, -0.2) is 46.2 Å². The summed E-state index contributed by atoms with van der Waals surface area (Å²) in [5, 5.41) is 3.90. The van der Waals surface area contributed by atoms with Gasteiger partial charge >= 0.3 is 0 Å². The fourth-order valence-electron chi connectivity index (χ4n) is 3.76. The predicted molar refractivity (Wildman–Crippen MR) is 123 cm³/mol. The minimum absolute atomic E-state index is 0.303. The second-order valence-electron chi connectivity index (χ2n) is 8.42. The third kappa shape index (κ3) is 5.12. The predicted octanol–water partition coefficient (Wildman–Crippen LogP) is 3.91. The maximum absolute atomic E-state index is 12.1. The number of aromatic nitrogens is 3. The molecule has 1 N–H and O–H groups in total. The number of hydrogen-bond acceptors (Lipinski definition) is 8. The zero-order valence-electron chi connectivity index (χ0n) is 17.7. The number of aliphatic imine (C=N–C) groups is 1. The van der Waals surface area contributed by atoms with Crippen LogP contribution in [0.15, 0.2) is 51.0 Å². The standard InChI is InChI=1S/C23H26N6OS/c1-15-12-20(24-14-15)25-21-26-22(29-10-2-3-11-29)28-23(27-21)31-18-8-4-16(5-9-18)13-19(30)17-6-7-17/h4-5,8-9,12,17H,2-3,6-7,10-11,13-14H2,1H3,(H,24,25,26,27,28). The Morgan fingerprint density at radius 2 is 1.90 bits per heavy atom. The van der Waals surface area contributed by atoms with Gasteiger partial charge < -0.3 is 10.2 Å². The second-order valence-corrected chi connectivity index (χ2v) is 9.46. The molecule has 8 heteroatoms. The van der Waals surface area contributed by atoms with Gasteiger partial charge in [0.05, 0.1) is 6.54 Å². The molecule has 31 heavy (non-hydrogen) atoms. The van der Waals surface area contributed by atoms with E-state index in [0.717, 1.165) is 55.1 Å². The van der Waals surface area contributed by atoms with Gasteiger partial charge in [-0.25, -0.2) is 0 Å². The van der Waals surface area contributed by atoms with Crippen LogP contribution in [0.2, 0.25) is 0 Å². The molecule has 0 amide bonds. The number of carbonyl (C=O) groups is 1. The molecule has 7 nitrogen and oxygen atoms in total. The molecule has 1 aromatic heterocycles. The molecule has 0 atom stereocenters. The van der Waals surface area contributed by atoms with Crippen LogP contribution in [0.4, 0.5) is 11.9 Å². The average Bonchev–Trinajstić information content (AvgIpc) is 3.31. The Balaban J connectivity index is 1.33. The normalized spacial score (nSPS) is 18.2. The number of rotatable bonds is 7. The number of benzene rings is 1. The number of nitrogens with zero attached hydrogens (tertiary/aromatic N) is 5. The van der Waals surface area contributed by atoms with Gasteiger partial charge in [-0.2, -0.15) is 15.0 Å². The molecule has 5 rings (SSSR count). The number of Topliss-reactive ketones (excluding diaryl/α,β-unsaturated/α-hetero) is 1. The van der Waals surface area contributed by atoms with Crippen LogP contribution in [0.5, 0.6) is 0 Å². The lowest BCUT2D eigenvalue weighted by Gasteiger charge is -2.16. The van der Waals surface area contributed by atoms with Crippen LogP contribution in [0.3, 0.4) is 0 Å². The lowest BCUT2D eigenvalue weighted by atomic mass is 10.1. The number of nitrogens with one attached hydrogen (secondary N) is 1. The molecule has 2 aromatic rings. The molecule has 2 fully saturated rings. The summed E-state index contributed by atoms with van der Waals surface area (Å²) in [7, 11) is 0. The molecule has 3 heterocycles. The van der Waals surface area contributed by atoms with Gasteiger partial charge in [0.25, 0.3) is 0 Å². The highest BCUT2D eigenvalue weighted by Crippen LogP contribution is 2.32. The Morgan fingerprint density at radius 1 is 1.13 bits per heavy atom. The summed E-state index contributed by atoms with van der Waals surface area (Å²) in [4.78, 5) is 33.8. The van der Waals surface area contributed by atoms with E-state index in [1.165, 1.54) is 17.3 Å². The topological polar surface area (TPSA) is 83.4 Å². The number of ketones is 1. The van der Waals surface area contributed by atoms with Gasteiger partial charge in [-0.3, -0.25) is 9.79 Å². The fourth-order valence-corrected chi connectivity index (χ4v) is 4.50. The van der Waals surface area contributed by atoms with Crippen LogP contribution < -0.4 is 10.2 Å². The molecule has 1 aliphatic carbocycles. The molecule has 0 bridgehead atoms. The van der Waals surface area contributed by atoms with Crippen LogP contribution in [0.25, 0.3) is 0 Å². The van der Waals surface area contributed by atoms with Crippen molar-refractivity contribution in [3.63, 3.8) is 0 Å². The molecule has 1 aromatic carbocycles. The van der Waals surface area contributed by atoms with Crippen molar-refractivity contribution in [2.45, 2.75) is 49.1 Å². The van der Waals surface area contributed by atoms with E-state index in [-0.39, 0.29) is 0 Å². The Morgan fingerprint density at radius 3 is 2.58 bits per heavy atom. The second kappa shape index (κ2) is 8.78. The van der Waals surface area contributed by atoms with Crippen LogP contribution >= 0.6 is 11.8 Å². The van der Waals surface area contributed by atoms with E-state index < -0.39 is 0 Å². The third-order valence-electron chi connectivity index (χ3n) is 5.66. The first-order valence-electron chi connectivity index (χ1n) is 10.9. The van der Waals surface area contributed by atoms with Crippen molar-refractivity contribution in [2.24, 2.45) is 10.9 Å². The van der Waals surface area contributed by atoms with Crippen molar-refractivity contribution in [3.8, 4) is 0 Å². The van der Waals surface area contributed by atoms with E-state index >= 15 is 0 Å². The molecule has 0 spiro atoms. The van der Waals surface area contributed by atoms with E-state index in [9.17, 15) is 4.79 Å². The van der Waals surface area contributed by atoms with Gasteiger partial charge in [0.15, 0.2) is 5.16 Å². The summed E-state index contributed by atoms with van der Waals surface area (Å²) in [5.41, 5.74) is 2.28. The monoisotopic (exact) mass is 434 g/mol. The highest BCUT2D eigenvalue weighted by atomic mass is 32.2. The Bertz CT molecular complexity index is 1040. The van der Waals surface area contributed by atoms with E-state index in [2.05, 4.69) is 32.1 Å². The molecule has 0 unspecified atom stereocenters. The summed E-state index contributed by atoms with van der Waals surface area (Å²) in [6, 6.07) is 8.15. The lowest BCUT2D eigenvalue weighted by molar-refractivity contribution is -0.119. The van der Waals surface area contributed by atoms with Crippen LogP contribution in [0, 0.1) is 5.92 Å². The van der Waals surface area contributed by atoms with Gasteiger partial charge in [-0.15, -0.1) is 0 Å². The van der Waals surface area contributed by atoms with E-state index in [1.807, 2.05) is 30.3 Å². The Labute approximate surface area is 186 Å². The number of hydrogen-bond donors (Lipinski definition) is 1. The molecular weight excluding hydrogens is 408 g/mol. The first-order chi connectivity index (χ1) is 15.1. The van der Waals surface area contributed by atoms with E-state index in [4.69, 9.17) is 4.98 Å². The SMILES string of the molecule is CC1=CC(Nc2nc(Sc3ccc(CC(=O)C4CC4)cc3)nc(N3CCCC3)n2)=NC1. The van der Waals surface area contributed by atoms with Crippen molar-refractivity contribution >= 4 is 35.3 Å². The first kappa shape index (κ1) is 20.2. The first-order valence-corrected chi connectivity index (χ1v) is 11.7. The van der Waals surface area contributed by atoms with Gasteiger partial charge in [0.1, 0.15) is 11.6 Å². The lowest BCUT2D eigenvalue weighted by Crippen LogP contribution is -2.22. The molecule has 160 valence electrons. The molecular formula is C23H26N6OS. The van der Waals surface area contributed by atoms with Gasteiger partial charge in [-0.1, -0.05) is 12.1 Å². The summed E-state index contributed by atoms with van der Waals surface area (Å²) in [5.74, 6) is 2.69. The summed E-state index contributed by atoms with van der Waals surface area (Å²) >= 11 is 1.51. The van der Waals surface area contributed by atoms with Crippen molar-refractivity contribution < 1.29 is 4.79 Å². The molecule has 0 radical (unpaired) electrons. The average molecular weight is 435 g/mol. The Hall–Kier alpha value is -2.74. The van der Waals surface area contributed by atoms with Crippen LogP contribution in [0.1, 0.15) is 38.2 Å². The number of amidine groups is 1. The smallest absolute Gasteiger partial charge is 0.234 e. The zero-order valence-corrected chi connectivity index (χ0v) is 18.5. The van der Waals surface area contributed by atoms with Crippen molar-refractivity contribution in [1.29, 1.82) is 0 Å². The number of carbonyl (C=O) groups excluding carboxylic acids is 1. The molecule has 1 saturated heterocycles. The molecule has 3 aliphatic rings. The van der Waals surface area contributed by atoms with Gasteiger partial charge in [-0.05, 0) is 73.7 Å². The maximum Gasteiger partial charge on any atom is 0.234 e. The van der Waals surface area contributed by atoms with Crippen molar-refractivity contribution in [1.82, 2.24) is 15.0 Å². The van der Waals surface area contributed by atoms with E-state index in [0.29, 0.717) is 41.7 Å². The van der Waals surface area contributed by atoms with Crippen molar-refractivity contribution in [3.05, 3.63) is 41.5 Å². The minimum Gasteiger partial charge on any atom is -0.341 e. The van der Waals surface area contributed by atoms with E-state index in [1.54, 1.807) is 0 Å². The largest absolute Gasteiger partial charge is 0.341 e. The third-order valence-corrected chi connectivity index (χ3v) is 6.53. The number of anilines is 2. The Kier molecular flexibility index (Phi) is 5.72. The molecule has 2 aliphatic heterocycles.